The van der Waals surface area contributed by atoms with E-state index in [0.29, 0.717) is 10.8 Å². The number of anilines is 1. The largest absolute Gasteiger partial charge is 0.496 e. The smallest absolute Gasteiger partial charge is 0.342 e. The Morgan fingerprint density at radius 1 is 1.20 bits per heavy atom. The van der Waals surface area contributed by atoms with Gasteiger partial charge in [0.15, 0.2) is 6.61 Å². The van der Waals surface area contributed by atoms with E-state index >= 15 is 0 Å². The summed E-state index contributed by atoms with van der Waals surface area (Å²) < 4.78 is 10.2. The third kappa shape index (κ3) is 4.73. The van der Waals surface area contributed by atoms with Gasteiger partial charge >= 0.3 is 5.97 Å². The molecule has 1 amide bonds. The molecule has 5 nitrogen and oxygen atoms in total. The quantitative estimate of drug-likeness (QED) is 0.789. The van der Waals surface area contributed by atoms with Gasteiger partial charge in [0.25, 0.3) is 5.91 Å². The van der Waals surface area contributed by atoms with Crippen LogP contribution in [-0.4, -0.2) is 25.6 Å². The Hall–Kier alpha value is -2.53. The van der Waals surface area contributed by atoms with E-state index in [9.17, 15) is 9.59 Å². The van der Waals surface area contributed by atoms with E-state index in [1.807, 2.05) is 32.0 Å². The van der Waals surface area contributed by atoms with E-state index in [-0.39, 0.29) is 5.56 Å². The molecule has 0 bridgehead atoms. The van der Waals surface area contributed by atoms with Crippen molar-refractivity contribution in [2.24, 2.45) is 0 Å². The Labute approximate surface area is 151 Å². The molecular weight excluding hydrogens is 342 g/mol. The standard InChI is InChI=1S/C19H20ClNO4/c1-4-13-7-5-6-12(2)18(13)21-17(22)11-25-19(23)15-10-14(20)8-9-16(15)24-3/h5-10H,4,11H2,1-3H3,(H,21,22). The highest BCUT2D eigenvalue weighted by Crippen LogP contribution is 2.24. The second-order valence-corrected chi connectivity index (χ2v) is 5.87. The van der Waals surface area contributed by atoms with Crippen molar-refractivity contribution < 1.29 is 19.1 Å². The zero-order chi connectivity index (χ0) is 18.4. The van der Waals surface area contributed by atoms with Crippen LogP contribution >= 0.6 is 11.6 Å². The average Bonchev–Trinajstić information content (AvgIpc) is 2.61. The molecule has 0 aliphatic rings. The van der Waals surface area contributed by atoms with Crippen molar-refractivity contribution in [3.8, 4) is 5.75 Å². The van der Waals surface area contributed by atoms with E-state index in [0.717, 1.165) is 23.2 Å². The predicted molar refractivity (Wildman–Crippen MR) is 97.5 cm³/mol. The first-order valence-corrected chi connectivity index (χ1v) is 8.23. The van der Waals surface area contributed by atoms with Gasteiger partial charge in [0.1, 0.15) is 11.3 Å². The molecule has 0 aromatic heterocycles. The summed E-state index contributed by atoms with van der Waals surface area (Å²) in [5, 5.41) is 3.18. The molecule has 0 saturated carbocycles. The summed E-state index contributed by atoms with van der Waals surface area (Å²) in [7, 11) is 1.44. The van der Waals surface area contributed by atoms with Crippen LogP contribution in [0.15, 0.2) is 36.4 Å². The number of para-hydroxylation sites is 1. The van der Waals surface area contributed by atoms with E-state index in [1.165, 1.54) is 13.2 Å². The van der Waals surface area contributed by atoms with Crippen LogP contribution in [0, 0.1) is 6.92 Å². The molecule has 2 aromatic carbocycles. The maximum absolute atomic E-state index is 12.2. The van der Waals surface area contributed by atoms with Crippen molar-refractivity contribution in [1.82, 2.24) is 0 Å². The fourth-order valence-corrected chi connectivity index (χ4v) is 2.60. The van der Waals surface area contributed by atoms with Gasteiger partial charge in [0, 0.05) is 10.7 Å². The van der Waals surface area contributed by atoms with Gasteiger partial charge in [0.2, 0.25) is 0 Å². The Morgan fingerprint density at radius 2 is 1.96 bits per heavy atom. The summed E-state index contributed by atoms with van der Waals surface area (Å²) in [6, 6.07) is 10.4. The molecule has 0 fully saturated rings. The molecule has 2 rings (SSSR count). The lowest BCUT2D eigenvalue weighted by atomic mass is 10.1. The van der Waals surface area contributed by atoms with Crippen molar-refractivity contribution in [3.05, 3.63) is 58.1 Å². The topological polar surface area (TPSA) is 64.6 Å². The molecule has 0 heterocycles. The fourth-order valence-electron chi connectivity index (χ4n) is 2.43. The first-order valence-electron chi connectivity index (χ1n) is 7.85. The van der Waals surface area contributed by atoms with Crippen LogP contribution in [0.25, 0.3) is 0 Å². The molecule has 25 heavy (non-hydrogen) atoms. The molecule has 6 heteroatoms. The average molecular weight is 362 g/mol. The normalized spacial score (nSPS) is 10.2. The number of ether oxygens (including phenoxy) is 2. The first kappa shape index (κ1) is 18.8. The summed E-state index contributed by atoms with van der Waals surface area (Å²) in [6.07, 6.45) is 0.788. The molecule has 0 radical (unpaired) electrons. The number of nitrogens with one attached hydrogen (secondary N) is 1. The molecule has 132 valence electrons. The summed E-state index contributed by atoms with van der Waals surface area (Å²) in [5.41, 5.74) is 2.91. The monoisotopic (exact) mass is 361 g/mol. The van der Waals surface area contributed by atoms with Crippen molar-refractivity contribution in [2.75, 3.05) is 19.0 Å². The molecule has 0 atom stereocenters. The molecule has 0 aliphatic heterocycles. The number of rotatable bonds is 6. The van der Waals surface area contributed by atoms with Gasteiger partial charge in [-0.1, -0.05) is 36.7 Å². The van der Waals surface area contributed by atoms with Gasteiger partial charge in [-0.3, -0.25) is 4.79 Å². The lowest BCUT2D eigenvalue weighted by Crippen LogP contribution is -2.22. The zero-order valence-corrected chi connectivity index (χ0v) is 15.1. The molecule has 1 N–H and O–H groups in total. The second kappa shape index (κ2) is 8.53. The number of benzene rings is 2. The number of esters is 1. The van der Waals surface area contributed by atoms with Gasteiger partial charge in [-0.2, -0.15) is 0 Å². The third-order valence-electron chi connectivity index (χ3n) is 3.72. The van der Waals surface area contributed by atoms with Crippen LogP contribution in [0.1, 0.15) is 28.4 Å². The molecule has 0 spiro atoms. The van der Waals surface area contributed by atoms with Crippen molar-refractivity contribution in [3.63, 3.8) is 0 Å². The van der Waals surface area contributed by atoms with Gasteiger partial charge in [-0.05, 0) is 42.7 Å². The maximum Gasteiger partial charge on any atom is 0.342 e. The van der Waals surface area contributed by atoms with Crippen LogP contribution in [-0.2, 0) is 16.0 Å². The number of methoxy groups -OCH3 is 1. The minimum atomic E-state index is -0.671. The molecule has 0 unspecified atom stereocenters. The van der Waals surface area contributed by atoms with Crippen LogP contribution in [0.5, 0.6) is 5.75 Å². The highest BCUT2D eigenvalue weighted by Gasteiger charge is 2.17. The molecule has 0 saturated heterocycles. The van der Waals surface area contributed by atoms with Crippen LogP contribution in [0.3, 0.4) is 0 Å². The summed E-state index contributed by atoms with van der Waals surface area (Å²) >= 11 is 5.90. The highest BCUT2D eigenvalue weighted by molar-refractivity contribution is 6.31. The highest BCUT2D eigenvalue weighted by atomic mass is 35.5. The van der Waals surface area contributed by atoms with Crippen LogP contribution < -0.4 is 10.1 Å². The lowest BCUT2D eigenvalue weighted by molar-refractivity contribution is -0.119. The number of halogens is 1. The van der Waals surface area contributed by atoms with E-state index in [2.05, 4.69) is 5.32 Å². The summed E-state index contributed by atoms with van der Waals surface area (Å²) in [4.78, 5) is 24.3. The van der Waals surface area contributed by atoms with Crippen molar-refractivity contribution in [1.29, 1.82) is 0 Å². The Bertz CT molecular complexity index is 789. The minimum Gasteiger partial charge on any atom is -0.496 e. The van der Waals surface area contributed by atoms with Crippen molar-refractivity contribution >= 4 is 29.2 Å². The first-order chi connectivity index (χ1) is 12.0. The van der Waals surface area contributed by atoms with Crippen LogP contribution in [0.4, 0.5) is 5.69 Å². The van der Waals surface area contributed by atoms with E-state index in [4.69, 9.17) is 21.1 Å². The molecular formula is C19H20ClNO4. The molecule has 0 aliphatic carbocycles. The Morgan fingerprint density at radius 3 is 2.64 bits per heavy atom. The number of amides is 1. The minimum absolute atomic E-state index is 0.174. The van der Waals surface area contributed by atoms with Crippen LogP contribution in [0.2, 0.25) is 5.02 Å². The number of hydrogen-bond donors (Lipinski definition) is 1. The zero-order valence-electron chi connectivity index (χ0n) is 14.4. The Balaban J connectivity index is 2.03. The third-order valence-corrected chi connectivity index (χ3v) is 3.96. The van der Waals surface area contributed by atoms with Crippen molar-refractivity contribution in [2.45, 2.75) is 20.3 Å². The SMILES string of the molecule is CCc1cccc(C)c1NC(=O)COC(=O)c1cc(Cl)ccc1OC. The summed E-state index contributed by atoms with van der Waals surface area (Å²) in [5.74, 6) is -0.740. The second-order valence-electron chi connectivity index (χ2n) is 5.43. The molecule has 2 aromatic rings. The summed E-state index contributed by atoms with van der Waals surface area (Å²) in [6.45, 7) is 3.53. The number of carbonyl (C=O) groups is 2. The van der Waals surface area contributed by atoms with Gasteiger partial charge in [-0.25, -0.2) is 4.79 Å². The fraction of sp³-hybridized carbons (Fsp3) is 0.263. The number of carbonyl (C=O) groups excluding carboxylic acids is 2. The van der Waals surface area contributed by atoms with E-state index in [1.54, 1.807) is 12.1 Å². The van der Waals surface area contributed by atoms with Gasteiger partial charge in [0.05, 0.1) is 7.11 Å². The van der Waals surface area contributed by atoms with Gasteiger partial charge in [-0.15, -0.1) is 0 Å². The predicted octanol–water partition coefficient (Wildman–Crippen LogP) is 4.01. The lowest BCUT2D eigenvalue weighted by Gasteiger charge is -2.13. The Kier molecular flexibility index (Phi) is 6.42. The maximum atomic E-state index is 12.2. The number of aryl methyl sites for hydroxylation is 2. The van der Waals surface area contributed by atoms with E-state index < -0.39 is 18.5 Å². The number of hydrogen-bond acceptors (Lipinski definition) is 4. The van der Waals surface area contributed by atoms with Gasteiger partial charge < -0.3 is 14.8 Å².